The number of aryl methyl sites for hydroxylation is 1. The monoisotopic (exact) mass is 346 g/mol. The van der Waals surface area contributed by atoms with Crippen LogP contribution in [-0.4, -0.2) is 4.98 Å². The van der Waals surface area contributed by atoms with E-state index in [0.29, 0.717) is 17.1 Å². The van der Waals surface area contributed by atoms with Gasteiger partial charge in [0.05, 0.1) is 5.69 Å². The van der Waals surface area contributed by atoms with E-state index in [1.54, 1.807) is 0 Å². The van der Waals surface area contributed by atoms with Crippen LogP contribution in [0.1, 0.15) is 5.56 Å². The summed E-state index contributed by atoms with van der Waals surface area (Å²) in [6.45, 7) is 2.01. The lowest BCUT2D eigenvalue weighted by atomic mass is 9.93. The molecule has 0 bridgehead atoms. The van der Waals surface area contributed by atoms with E-state index >= 15 is 0 Å². The molecule has 128 valence electrons. The molecule has 2 nitrogen and oxygen atoms in total. The van der Waals surface area contributed by atoms with Crippen molar-refractivity contribution in [1.82, 2.24) is 4.98 Å². The number of fused-ring (bicyclic) bond motifs is 1. The third-order valence-corrected chi connectivity index (χ3v) is 4.42. The minimum atomic E-state index is -0.650. The van der Waals surface area contributed by atoms with E-state index in [0.717, 1.165) is 33.5 Å². The van der Waals surface area contributed by atoms with Gasteiger partial charge >= 0.3 is 0 Å². The number of hydrogen-bond donors (Lipinski definition) is 1. The summed E-state index contributed by atoms with van der Waals surface area (Å²) in [5.74, 6) is -0.970. The molecule has 4 heteroatoms. The van der Waals surface area contributed by atoms with Crippen molar-refractivity contribution >= 4 is 16.6 Å². The number of aromatic nitrogens is 1. The van der Waals surface area contributed by atoms with Crippen LogP contribution in [-0.2, 0) is 0 Å². The highest BCUT2D eigenvalue weighted by Gasteiger charge is 2.17. The normalized spacial score (nSPS) is 11.0. The second-order valence-electron chi connectivity index (χ2n) is 6.29. The minimum Gasteiger partial charge on any atom is -0.383 e. The summed E-state index contributed by atoms with van der Waals surface area (Å²) in [6.07, 6.45) is 0. The van der Waals surface area contributed by atoms with E-state index in [2.05, 4.69) is 4.98 Å². The summed E-state index contributed by atoms with van der Waals surface area (Å²) in [4.78, 5) is 4.50. The number of halogens is 2. The van der Waals surface area contributed by atoms with Crippen LogP contribution in [0.15, 0.2) is 66.7 Å². The van der Waals surface area contributed by atoms with E-state index in [4.69, 9.17) is 5.73 Å². The van der Waals surface area contributed by atoms with Gasteiger partial charge in [0, 0.05) is 22.6 Å². The highest BCUT2D eigenvalue weighted by Crippen LogP contribution is 2.39. The summed E-state index contributed by atoms with van der Waals surface area (Å²) in [7, 11) is 0. The highest BCUT2D eigenvalue weighted by molar-refractivity contribution is 6.06. The smallest absolute Gasteiger partial charge is 0.132 e. The van der Waals surface area contributed by atoms with Gasteiger partial charge in [-0.3, -0.25) is 0 Å². The molecular weight excluding hydrogens is 330 g/mol. The number of anilines is 1. The molecule has 0 spiro atoms. The first kappa shape index (κ1) is 16.2. The number of nitrogen functional groups attached to an aromatic ring is 1. The van der Waals surface area contributed by atoms with Crippen LogP contribution >= 0.6 is 0 Å². The zero-order valence-corrected chi connectivity index (χ0v) is 14.1. The average Bonchev–Trinajstić information content (AvgIpc) is 2.62. The Balaban J connectivity index is 2.12. The standard InChI is InChI=1S/C22H16F2N2/c1-13-6-8-14(9-7-13)20-18-4-2-3-5-19(18)22(25)26-21(20)15-10-16(23)12-17(24)11-15/h2-12H,1H3,(H2,25,26). The molecule has 0 aliphatic rings. The molecule has 0 aliphatic carbocycles. The fourth-order valence-corrected chi connectivity index (χ4v) is 3.20. The molecule has 26 heavy (non-hydrogen) atoms. The van der Waals surface area contributed by atoms with E-state index < -0.39 is 11.6 Å². The summed E-state index contributed by atoms with van der Waals surface area (Å²) < 4.78 is 27.6. The van der Waals surface area contributed by atoms with Crippen LogP contribution in [0.4, 0.5) is 14.6 Å². The molecule has 3 aromatic carbocycles. The van der Waals surface area contributed by atoms with Gasteiger partial charge in [-0.05, 0) is 30.0 Å². The minimum absolute atomic E-state index is 0.330. The van der Waals surface area contributed by atoms with Gasteiger partial charge in [0.15, 0.2) is 0 Å². The Morgan fingerprint density at radius 1 is 0.769 bits per heavy atom. The molecule has 2 N–H and O–H groups in total. The van der Waals surface area contributed by atoms with Gasteiger partial charge in [-0.15, -0.1) is 0 Å². The first-order valence-corrected chi connectivity index (χ1v) is 8.24. The first-order chi connectivity index (χ1) is 12.5. The van der Waals surface area contributed by atoms with Gasteiger partial charge in [0.1, 0.15) is 17.5 Å². The Morgan fingerprint density at radius 3 is 2.04 bits per heavy atom. The summed E-state index contributed by atoms with van der Waals surface area (Å²) in [5, 5.41) is 1.70. The Hall–Kier alpha value is -3.27. The Bertz CT molecular complexity index is 1100. The van der Waals surface area contributed by atoms with Crippen LogP contribution in [0, 0.1) is 18.6 Å². The second-order valence-corrected chi connectivity index (χ2v) is 6.29. The molecule has 1 aromatic heterocycles. The lowest BCUT2D eigenvalue weighted by Gasteiger charge is -2.15. The second kappa shape index (κ2) is 6.23. The molecule has 0 saturated carbocycles. The van der Waals surface area contributed by atoms with Crippen molar-refractivity contribution in [1.29, 1.82) is 0 Å². The Kier molecular flexibility index (Phi) is 3.88. The molecule has 0 atom stereocenters. The van der Waals surface area contributed by atoms with Crippen molar-refractivity contribution in [3.8, 4) is 22.4 Å². The molecule has 0 unspecified atom stereocenters. The Morgan fingerprint density at radius 2 is 1.38 bits per heavy atom. The molecular formula is C22H16F2N2. The third-order valence-electron chi connectivity index (χ3n) is 4.42. The van der Waals surface area contributed by atoms with E-state index in [9.17, 15) is 8.78 Å². The summed E-state index contributed by atoms with van der Waals surface area (Å²) >= 11 is 0. The van der Waals surface area contributed by atoms with Gasteiger partial charge in [-0.2, -0.15) is 0 Å². The van der Waals surface area contributed by atoms with Crippen molar-refractivity contribution in [3.63, 3.8) is 0 Å². The van der Waals surface area contributed by atoms with Crippen LogP contribution in [0.25, 0.3) is 33.2 Å². The van der Waals surface area contributed by atoms with Gasteiger partial charge in [-0.25, -0.2) is 13.8 Å². The van der Waals surface area contributed by atoms with Crippen LogP contribution in [0.2, 0.25) is 0 Å². The highest BCUT2D eigenvalue weighted by atomic mass is 19.1. The van der Waals surface area contributed by atoms with Crippen molar-refractivity contribution in [2.75, 3.05) is 5.73 Å². The zero-order valence-electron chi connectivity index (χ0n) is 14.1. The van der Waals surface area contributed by atoms with Gasteiger partial charge in [0.25, 0.3) is 0 Å². The maximum atomic E-state index is 13.8. The van der Waals surface area contributed by atoms with E-state index in [-0.39, 0.29) is 0 Å². The molecule has 0 fully saturated rings. The predicted molar refractivity (Wildman–Crippen MR) is 102 cm³/mol. The van der Waals surface area contributed by atoms with Crippen molar-refractivity contribution in [2.45, 2.75) is 6.92 Å². The zero-order chi connectivity index (χ0) is 18.3. The number of rotatable bonds is 2. The van der Waals surface area contributed by atoms with Gasteiger partial charge in [-0.1, -0.05) is 54.1 Å². The van der Waals surface area contributed by atoms with E-state index in [1.807, 2.05) is 55.5 Å². The number of hydrogen-bond acceptors (Lipinski definition) is 2. The third kappa shape index (κ3) is 2.80. The number of nitrogens with two attached hydrogens (primary N) is 1. The fraction of sp³-hybridized carbons (Fsp3) is 0.0455. The maximum absolute atomic E-state index is 13.8. The molecule has 0 saturated heterocycles. The number of nitrogens with zero attached hydrogens (tertiary/aromatic N) is 1. The van der Waals surface area contributed by atoms with Crippen molar-refractivity contribution in [2.24, 2.45) is 0 Å². The van der Waals surface area contributed by atoms with Crippen LogP contribution < -0.4 is 5.73 Å². The average molecular weight is 346 g/mol. The SMILES string of the molecule is Cc1ccc(-c2c(-c3cc(F)cc(F)c3)nc(N)c3ccccc23)cc1. The number of pyridine rings is 1. The molecule has 0 amide bonds. The first-order valence-electron chi connectivity index (χ1n) is 8.24. The fourth-order valence-electron chi connectivity index (χ4n) is 3.20. The van der Waals surface area contributed by atoms with Gasteiger partial charge < -0.3 is 5.73 Å². The number of benzene rings is 3. The molecule has 4 aromatic rings. The van der Waals surface area contributed by atoms with Crippen molar-refractivity contribution < 1.29 is 8.78 Å². The van der Waals surface area contributed by atoms with Crippen LogP contribution in [0.5, 0.6) is 0 Å². The molecule has 1 heterocycles. The maximum Gasteiger partial charge on any atom is 0.132 e. The molecule has 0 aliphatic heterocycles. The summed E-state index contributed by atoms with van der Waals surface area (Å²) in [5.41, 5.74) is 9.81. The Labute approximate surface area is 149 Å². The molecule has 0 radical (unpaired) electrons. The van der Waals surface area contributed by atoms with Crippen LogP contribution in [0.3, 0.4) is 0 Å². The topological polar surface area (TPSA) is 38.9 Å². The largest absolute Gasteiger partial charge is 0.383 e. The lowest BCUT2D eigenvalue weighted by Crippen LogP contribution is -1.99. The van der Waals surface area contributed by atoms with E-state index in [1.165, 1.54) is 12.1 Å². The molecule has 4 rings (SSSR count). The summed E-state index contributed by atoms with van der Waals surface area (Å²) in [6, 6.07) is 19.0. The predicted octanol–water partition coefficient (Wildman–Crippen LogP) is 5.74. The lowest BCUT2D eigenvalue weighted by molar-refractivity contribution is 0.584. The van der Waals surface area contributed by atoms with Gasteiger partial charge in [0.2, 0.25) is 0 Å². The quantitative estimate of drug-likeness (QED) is 0.503. The van der Waals surface area contributed by atoms with Crippen molar-refractivity contribution in [3.05, 3.63) is 83.9 Å².